The first-order chi connectivity index (χ1) is 13.6. The van der Waals surface area contributed by atoms with E-state index < -0.39 is 12.0 Å². The highest BCUT2D eigenvalue weighted by atomic mass is 19.3. The average Bonchev–Trinajstić information content (AvgIpc) is 3.25. The molecular weight excluding hydrogens is 381 g/mol. The summed E-state index contributed by atoms with van der Waals surface area (Å²) in [6, 6.07) is 5.19. The predicted octanol–water partition coefficient (Wildman–Crippen LogP) is 3.62. The second-order valence-electron chi connectivity index (χ2n) is 8.32. The first-order valence-corrected chi connectivity index (χ1v) is 9.91. The fourth-order valence-electron chi connectivity index (χ4n) is 4.17. The lowest BCUT2D eigenvalue weighted by Crippen LogP contribution is -2.38. The van der Waals surface area contributed by atoms with Crippen LogP contribution in [0.1, 0.15) is 60.7 Å². The molecule has 8 heteroatoms. The SMILES string of the molecule is Cc1cc(F)cc(C2C(N)CCN2C(=O)Cn2nc(C3CC3)cc2C(C)(F)F)c1. The lowest BCUT2D eigenvalue weighted by Gasteiger charge is -2.28. The maximum atomic E-state index is 14.1. The minimum atomic E-state index is -3.10. The van der Waals surface area contributed by atoms with Crippen LogP contribution in [0.4, 0.5) is 13.2 Å². The van der Waals surface area contributed by atoms with Crippen molar-refractivity contribution >= 4 is 5.91 Å². The Morgan fingerprint density at radius 2 is 1.97 bits per heavy atom. The summed E-state index contributed by atoms with van der Waals surface area (Å²) in [5.41, 5.74) is 7.95. The van der Waals surface area contributed by atoms with Gasteiger partial charge in [0.05, 0.1) is 11.7 Å². The highest BCUT2D eigenvalue weighted by molar-refractivity contribution is 5.77. The van der Waals surface area contributed by atoms with Crippen LogP contribution in [-0.2, 0) is 17.3 Å². The van der Waals surface area contributed by atoms with Crippen molar-refractivity contribution < 1.29 is 18.0 Å². The second kappa shape index (κ2) is 7.16. The number of halogens is 3. The van der Waals surface area contributed by atoms with Gasteiger partial charge in [-0.05, 0) is 55.5 Å². The van der Waals surface area contributed by atoms with Crippen molar-refractivity contribution in [2.24, 2.45) is 5.73 Å². The molecule has 4 rings (SSSR count). The first kappa shape index (κ1) is 19.9. The summed E-state index contributed by atoms with van der Waals surface area (Å²) in [6.45, 7) is 2.70. The summed E-state index contributed by atoms with van der Waals surface area (Å²) < 4.78 is 43.2. The number of carbonyl (C=O) groups excluding carboxylic acids is 1. The molecule has 1 amide bonds. The molecule has 1 aromatic carbocycles. The third-order valence-electron chi connectivity index (χ3n) is 5.70. The lowest BCUT2D eigenvalue weighted by atomic mass is 9.99. The van der Waals surface area contributed by atoms with E-state index in [0.717, 1.165) is 30.0 Å². The third kappa shape index (κ3) is 4.03. The van der Waals surface area contributed by atoms with E-state index in [-0.39, 0.29) is 35.9 Å². The van der Waals surface area contributed by atoms with Gasteiger partial charge in [-0.1, -0.05) is 6.07 Å². The van der Waals surface area contributed by atoms with Crippen LogP contribution in [0.15, 0.2) is 24.3 Å². The van der Waals surface area contributed by atoms with Gasteiger partial charge in [0.25, 0.3) is 5.92 Å². The number of nitrogens with two attached hydrogens (primary N) is 1. The molecular formula is C21H25F3N4O. The quantitative estimate of drug-likeness (QED) is 0.825. The molecule has 1 aliphatic carbocycles. The monoisotopic (exact) mass is 406 g/mol. The average molecular weight is 406 g/mol. The Balaban J connectivity index is 1.61. The van der Waals surface area contributed by atoms with Crippen molar-refractivity contribution in [2.45, 2.75) is 63.6 Å². The molecule has 5 nitrogen and oxygen atoms in total. The number of aryl methyl sites for hydroxylation is 1. The number of hydrogen-bond acceptors (Lipinski definition) is 3. The van der Waals surface area contributed by atoms with Crippen molar-refractivity contribution in [3.63, 3.8) is 0 Å². The summed E-state index contributed by atoms with van der Waals surface area (Å²) in [6.07, 6.45) is 2.43. The predicted molar refractivity (Wildman–Crippen MR) is 102 cm³/mol. The molecule has 156 valence electrons. The van der Waals surface area contributed by atoms with Gasteiger partial charge in [0.15, 0.2) is 0 Å². The van der Waals surface area contributed by atoms with E-state index in [9.17, 15) is 18.0 Å². The Morgan fingerprint density at radius 1 is 1.24 bits per heavy atom. The molecule has 0 bridgehead atoms. The summed E-state index contributed by atoms with van der Waals surface area (Å²) in [5.74, 6) is -3.63. The van der Waals surface area contributed by atoms with Gasteiger partial charge < -0.3 is 10.6 Å². The van der Waals surface area contributed by atoms with Gasteiger partial charge in [0.1, 0.15) is 18.1 Å². The number of benzene rings is 1. The number of likely N-dealkylation sites (tertiary alicyclic amines) is 1. The first-order valence-electron chi connectivity index (χ1n) is 9.91. The summed E-state index contributed by atoms with van der Waals surface area (Å²) in [4.78, 5) is 14.6. The van der Waals surface area contributed by atoms with Gasteiger partial charge in [-0.2, -0.15) is 13.9 Å². The molecule has 0 radical (unpaired) electrons. The minimum absolute atomic E-state index is 0.204. The largest absolute Gasteiger partial charge is 0.332 e. The van der Waals surface area contributed by atoms with Crippen molar-refractivity contribution in [3.05, 3.63) is 52.6 Å². The molecule has 2 unspecified atom stereocenters. The van der Waals surface area contributed by atoms with Crippen LogP contribution in [0, 0.1) is 12.7 Å². The van der Waals surface area contributed by atoms with Crippen LogP contribution in [-0.4, -0.2) is 33.2 Å². The van der Waals surface area contributed by atoms with Crippen LogP contribution in [0.5, 0.6) is 0 Å². The molecule has 2 heterocycles. The molecule has 2 N–H and O–H groups in total. The highest BCUT2D eigenvalue weighted by Crippen LogP contribution is 2.41. The molecule has 1 saturated heterocycles. The fraction of sp³-hybridized carbons (Fsp3) is 0.524. The number of rotatable bonds is 5. The summed E-state index contributed by atoms with van der Waals surface area (Å²) in [7, 11) is 0. The van der Waals surface area contributed by atoms with E-state index in [4.69, 9.17) is 5.73 Å². The zero-order chi connectivity index (χ0) is 20.9. The van der Waals surface area contributed by atoms with Crippen LogP contribution in [0.25, 0.3) is 0 Å². The number of amides is 1. The van der Waals surface area contributed by atoms with Gasteiger partial charge in [-0.15, -0.1) is 0 Å². The van der Waals surface area contributed by atoms with E-state index in [0.29, 0.717) is 24.2 Å². The molecule has 2 atom stereocenters. The van der Waals surface area contributed by atoms with Crippen molar-refractivity contribution in [1.82, 2.24) is 14.7 Å². The zero-order valence-corrected chi connectivity index (χ0v) is 16.5. The molecule has 0 spiro atoms. The highest BCUT2D eigenvalue weighted by Gasteiger charge is 2.39. The molecule has 1 aromatic heterocycles. The molecule has 1 saturated carbocycles. The number of alkyl halides is 2. The van der Waals surface area contributed by atoms with E-state index in [1.165, 1.54) is 18.2 Å². The van der Waals surface area contributed by atoms with E-state index in [1.54, 1.807) is 11.8 Å². The Hall–Kier alpha value is -2.35. The van der Waals surface area contributed by atoms with E-state index in [2.05, 4.69) is 5.10 Å². The van der Waals surface area contributed by atoms with Gasteiger partial charge in [0, 0.05) is 25.4 Å². The van der Waals surface area contributed by atoms with Crippen LogP contribution < -0.4 is 5.73 Å². The molecule has 1 aliphatic heterocycles. The van der Waals surface area contributed by atoms with Crippen molar-refractivity contribution in [1.29, 1.82) is 0 Å². The van der Waals surface area contributed by atoms with Crippen molar-refractivity contribution in [2.75, 3.05) is 6.54 Å². The Morgan fingerprint density at radius 3 is 2.59 bits per heavy atom. The van der Waals surface area contributed by atoms with Crippen molar-refractivity contribution in [3.8, 4) is 0 Å². The van der Waals surface area contributed by atoms with E-state index in [1.807, 2.05) is 6.07 Å². The van der Waals surface area contributed by atoms with Gasteiger partial charge in [-0.25, -0.2) is 4.39 Å². The third-order valence-corrected chi connectivity index (χ3v) is 5.70. The lowest BCUT2D eigenvalue weighted by molar-refractivity contribution is -0.133. The number of nitrogens with zero attached hydrogens (tertiary/aromatic N) is 3. The number of carbonyl (C=O) groups is 1. The smallest absolute Gasteiger partial charge is 0.286 e. The van der Waals surface area contributed by atoms with Gasteiger partial charge in [-0.3, -0.25) is 9.48 Å². The van der Waals surface area contributed by atoms with E-state index >= 15 is 0 Å². The molecule has 2 aliphatic rings. The standard InChI is InChI=1S/C21H25F3N4O/c1-12-7-14(9-15(22)8-12)20-16(25)5-6-27(20)19(29)11-28-18(21(2,23)24)10-17(26-28)13-3-4-13/h7-10,13,16,20H,3-6,11,25H2,1-2H3. The van der Waals surface area contributed by atoms with Gasteiger partial charge in [0.2, 0.25) is 5.91 Å². The summed E-state index contributed by atoms with van der Waals surface area (Å²) in [5, 5.41) is 4.29. The van der Waals surface area contributed by atoms with Crippen LogP contribution in [0.3, 0.4) is 0 Å². The molecule has 2 fully saturated rings. The number of hydrogen-bond donors (Lipinski definition) is 1. The minimum Gasteiger partial charge on any atom is -0.332 e. The Labute approximate surface area is 167 Å². The normalized spacial score (nSPS) is 22.3. The maximum absolute atomic E-state index is 14.1. The zero-order valence-electron chi connectivity index (χ0n) is 16.5. The maximum Gasteiger partial charge on any atom is 0.286 e. The summed E-state index contributed by atoms with van der Waals surface area (Å²) >= 11 is 0. The fourth-order valence-corrected chi connectivity index (χ4v) is 4.17. The second-order valence-corrected chi connectivity index (χ2v) is 8.32. The number of aromatic nitrogens is 2. The van der Waals surface area contributed by atoms with Crippen LogP contribution in [0.2, 0.25) is 0 Å². The Bertz CT molecular complexity index is 912. The Kier molecular flexibility index (Phi) is 4.93. The van der Waals surface area contributed by atoms with Crippen LogP contribution >= 0.6 is 0 Å². The van der Waals surface area contributed by atoms with Gasteiger partial charge >= 0.3 is 0 Å². The molecule has 29 heavy (non-hydrogen) atoms. The topological polar surface area (TPSA) is 64.2 Å². The molecule has 2 aromatic rings.